The molecule has 8 heteroatoms. The van der Waals surface area contributed by atoms with Gasteiger partial charge in [-0.25, -0.2) is 9.59 Å². The molecular weight excluding hydrogens is 338 g/mol. The van der Waals surface area contributed by atoms with Crippen LogP contribution in [0.25, 0.3) is 0 Å². The average molecular weight is 365 g/mol. The number of amides is 3. The minimum atomic E-state index is -0.292. The zero-order valence-corrected chi connectivity index (χ0v) is 15.3. The summed E-state index contributed by atoms with van der Waals surface area (Å²) in [6.07, 6.45) is 1.11. The lowest BCUT2D eigenvalue weighted by Crippen LogP contribution is -2.49. The number of nitrogens with one attached hydrogen (secondary N) is 2. The van der Waals surface area contributed by atoms with Crippen molar-refractivity contribution in [2.24, 2.45) is 0 Å². The van der Waals surface area contributed by atoms with E-state index >= 15 is 0 Å². The molecule has 0 aromatic heterocycles. The van der Waals surface area contributed by atoms with E-state index in [4.69, 9.17) is 14.2 Å². The highest BCUT2D eigenvalue weighted by Gasteiger charge is 2.24. The molecule has 1 aromatic carbocycles. The Hall–Kier alpha value is -2.64. The molecule has 1 aliphatic rings. The predicted octanol–water partition coefficient (Wildman–Crippen LogP) is 2.34. The predicted molar refractivity (Wildman–Crippen MR) is 96.4 cm³/mol. The van der Waals surface area contributed by atoms with Gasteiger partial charge in [0.15, 0.2) is 6.73 Å². The number of piperidine rings is 1. The number of rotatable bonds is 7. The number of likely N-dealkylation sites (tertiary alicyclic amines) is 1. The molecule has 1 aliphatic heterocycles. The molecule has 2 rings (SSSR count). The van der Waals surface area contributed by atoms with Crippen LogP contribution in [0.5, 0.6) is 11.5 Å². The Morgan fingerprint density at radius 3 is 2.23 bits per heavy atom. The summed E-state index contributed by atoms with van der Waals surface area (Å²) in [6.45, 7) is 5.91. The summed E-state index contributed by atoms with van der Waals surface area (Å²) in [5.41, 5.74) is 0. The van der Waals surface area contributed by atoms with Gasteiger partial charge in [-0.1, -0.05) is 0 Å². The van der Waals surface area contributed by atoms with Crippen LogP contribution in [0, 0.1) is 0 Å². The van der Waals surface area contributed by atoms with Crippen molar-refractivity contribution in [1.29, 1.82) is 0 Å². The second kappa shape index (κ2) is 10.4. The zero-order chi connectivity index (χ0) is 18.8. The average Bonchev–Trinajstić information content (AvgIpc) is 2.64. The second-order valence-corrected chi connectivity index (χ2v) is 5.80. The summed E-state index contributed by atoms with van der Waals surface area (Å²) in [5, 5.41) is 5.56. The van der Waals surface area contributed by atoms with E-state index in [0.29, 0.717) is 44.9 Å². The highest BCUT2D eigenvalue weighted by Crippen LogP contribution is 2.17. The standard InChI is InChI=1S/C18H27N3O5/c1-3-24-15-5-7-16(8-6-15)26-13-19-17(22)20-14-9-11-21(12-10-14)18(23)25-4-2/h5-8,14H,3-4,9-13H2,1-2H3,(H2,19,20,22). The van der Waals surface area contributed by atoms with Crippen molar-refractivity contribution < 1.29 is 23.8 Å². The summed E-state index contributed by atoms with van der Waals surface area (Å²) in [4.78, 5) is 25.2. The van der Waals surface area contributed by atoms with Gasteiger partial charge in [-0.15, -0.1) is 0 Å². The quantitative estimate of drug-likeness (QED) is 0.724. The maximum Gasteiger partial charge on any atom is 0.409 e. The Bertz CT molecular complexity index is 571. The first kappa shape index (κ1) is 19.7. The third-order valence-electron chi connectivity index (χ3n) is 3.96. The maximum absolute atomic E-state index is 11.9. The molecule has 1 fully saturated rings. The van der Waals surface area contributed by atoms with Crippen LogP contribution < -0.4 is 20.1 Å². The van der Waals surface area contributed by atoms with Crippen LogP contribution in [0.1, 0.15) is 26.7 Å². The molecule has 0 spiro atoms. The zero-order valence-electron chi connectivity index (χ0n) is 15.3. The van der Waals surface area contributed by atoms with Crippen molar-refractivity contribution in [1.82, 2.24) is 15.5 Å². The van der Waals surface area contributed by atoms with Crippen LogP contribution in [-0.4, -0.2) is 56.1 Å². The number of hydrogen-bond donors (Lipinski definition) is 2. The third kappa shape index (κ3) is 6.34. The molecule has 1 heterocycles. The Morgan fingerprint density at radius 1 is 1.04 bits per heavy atom. The first-order chi connectivity index (χ1) is 12.6. The molecule has 0 unspecified atom stereocenters. The molecule has 8 nitrogen and oxygen atoms in total. The Kier molecular flexibility index (Phi) is 7.85. The molecule has 0 aliphatic carbocycles. The Balaban J connectivity index is 1.62. The van der Waals surface area contributed by atoms with Crippen LogP contribution >= 0.6 is 0 Å². The highest BCUT2D eigenvalue weighted by atomic mass is 16.6. The normalized spacial score (nSPS) is 14.5. The van der Waals surface area contributed by atoms with Crippen molar-refractivity contribution in [3.05, 3.63) is 24.3 Å². The number of hydrogen-bond acceptors (Lipinski definition) is 5. The molecule has 26 heavy (non-hydrogen) atoms. The van der Waals surface area contributed by atoms with Gasteiger partial charge in [-0.2, -0.15) is 0 Å². The van der Waals surface area contributed by atoms with Crippen molar-refractivity contribution in [2.75, 3.05) is 33.0 Å². The minimum Gasteiger partial charge on any atom is -0.494 e. The number of benzene rings is 1. The Morgan fingerprint density at radius 2 is 1.65 bits per heavy atom. The molecule has 1 aromatic rings. The van der Waals surface area contributed by atoms with E-state index in [0.717, 1.165) is 5.75 Å². The monoisotopic (exact) mass is 365 g/mol. The molecule has 0 radical (unpaired) electrons. The van der Waals surface area contributed by atoms with Crippen LogP contribution in [0.15, 0.2) is 24.3 Å². The SMILES string of the molecule is CCOC(=O)N1CCC(NC(=O)NCOc2ccc(OCC)cc2)CC1. The van der Waals surface area contributed by atoms with E-state index in [9.17, 15) is 9.59 Å². The lowest BCUT2D eigenvalue weighted by Gasteiger charge is -2.31. The van der Waals surface area contributed by atoms with Gasteiger partial charge >= 0.3 is 12.1 Å². The third-order valence-corrected chi connectivity index (χ3v) is 3.96. The van der Waals surface area contributed by atoms with E-state index < -0.39 is 0 Å². The fraction of sp³-hybridized carbons (Fsp3) is 0.556. The summed E-state index contributed by atoms with van der Waals surface area (Å²) in [5.74, 6) is 1.43. The van der Waals surface area contributed by atoms with Gasteiger partial charge in [0.25, 0.3) is 0 Å². The summed E-state index contributed by atoms with van der Waals surface area (Å²) in [6, 6.07) is 6.95. The van der Waals surface area contributed by atoms with Gasteiger partial charge in [0.05, 0.1) is 13.2 Å². The van der Waals surface area contributed by atoms with E-state index in [1.54, 1.807) is 24.0 Å². The van der Waals surface area contributed by atoms with E-state index in [2.05, 4.69) is 10.6 Å². The van der Waals surface area contributed by atoms with Gasteiger partial charge in [0.2, 0.25) is 0 Å². The van der Waals surface area contributed by atoms with Crippen molar-refractivity contribution in [3.8, 4) is 11.5 Å². The number of nitrogens with zero attached hydrogens (tertiary/aromatic N) is 1. The molecule has 0 bridgehead atoms. The Labute approximate surface area is 153 Å². The van der Waals surface area contributed by atoms with Crippen molar-refractivity contribution in [2.45, 2.75) is 32.7 Å². The fourth-order valence-electron chi connectivity index (χ4n) is 2.64. The van der Waals surface area contributed by atoms with E-state index in [-0.39, 0.29) is 24.9 Å². The van der Waals surface area contributed by atoms with Crippen molar-refractivity contribution in [3.63, 3.8) is 0 Å². The summed E-state index contributed by atoms with van der Waals surface area (Å²) >= 11 is 0. The van der Waals surface area contributed by atoms with Gasteiger partial charge in [0.1, 0.15) is 11.5 Å². The first-order valence-electron chi connectivity index (χ1n) is 8.94. The molecule has 0 atom stereocenters. The second-order valence-electron chi connectivity index (χ2n) is 5.80. The summed E-state index contributed by atoms with van der Waals surface area (Å²) < 4.78 is 15.8. The maximum atomic E-state index is 11.9. The first-order valence-corrected chi connectivity index (χ1v) is 8.94. The molecular formula is C18H27N3O5. The lowest BCUT2D eigenvalue weighted by atomic mass is 10.1. The molecule has 2 N–H and O–H groups in total. The highest BCUT2D eigenvalue weighted by molar-refractivity contribution is 5.74. The van der Waals surface area contributed by atoms with Gasteiger partial charge in [0, 0.05) is 19.1 Å². The topological polar surface area (TPSA) is 89.1 Å². The number of carbonyl (C=O) groups excluding carboxylic acids is 2. The number of ether oxygens (including phenoxy) is 3. The van der Waals surface area contributed by atoms with E-state index in [1.807, 2.05) is 19.1 Å². The lowest BCUT2D eigenvalue weighted by molar-refractivity contribution is 0.0956. The van der Waals surface area contributed by atoms with Crippen LogP contribution in [0.4, 0.5) is 9.59 Å². The van der Waals surface area contributed by atoms with Crippen LogP contribution in [-0.2, 0) is 4.74 Å². The van der Waals surface area contributed by atoms with E-state index in [1.165, 1.54) is 0 Å². The molecule has 0 saturated carbocycles. The number of urea groups is 1. The molecule has 144 valence electrons. The summed E-state index contributed by atoms with van der Waals surface area (Å²) in [7, 11) is 0. The smallest absolute Gasteiger partial charge is 0.409 e. The van der Waals surface area contributed by atoms with Gasteiger partial charge in [-0.05, 0) is 51.0 Å². The van der Waals surface area contributed by atoms with Crippen LogP contribution in [0.2, 0.25) is 0 Å². The fourth-order valence-corrected chi connectivity index (χ4v) is 2.64. The molecule has 1 saturated heterocycles. The van der Waals surface area contributed by atoms with Gasteiger partial charge in [-0.3, -0.25) is 0 Å². The number of carbonyl (C=O) groups is 2. The van der Waals surface area contributed by atoms with Crippen LogP contribution in [0.3, 0.4) is 0 Å². The van der Waals surface area contributed by atoms with Crippen molar-refractivity contribution >= 4 is 12.1 Å². The van der Waals surface area contributed by atoms with Gasteiger partial charge < -0.3 is 29.7 Å². The largest absolute Gasteiger partial charge is 0.494 e. The minimum absolute atomic E-state index is 0.0335. The molecule has 3 amide bonds.